The van der Waals surface area contributed by atoms with E-state index >= 15 is 0 Å². The van der Waals surface area contributed by atoms with Crippen LogP contribution < -0.4 is 10.6 Å². The summed E-state index contributed by atoms with van der Waals surface area (Å²) in [7, 11) is 0. The van der Waals surface area contributed by atoms with Crippen molar-refractivity contribution in [1.29, 1.82) is 0 Å². The third kappa shape index (κ3) is 6.36. The maximum Gasteiger partial charge on any atom is 0.407 e. The van der Waals surface area contributed by atoms with Gasteiger partial charge in [0.05, 0.1) is 0 Å². The highest BCUT2D eigenvalue weighted by Crippen LogP contribution is 2.22. The minimum absolute atomic E-state index is 0.0503. The monoisotopic (exact) mass is 358 g/mol. The lowest BCUT2D eigenvalue weighted by Crippen LogP contribution is -2.59. The number of carboxylic acids is 1. The Hall–Kier alpha value is -2.71. The largest absolute Gasteiger partial charge is 0.479 e. The number of carbonyl (C=O) groups excluding carboxylic acids is 2. The van der Waals surface area contributed by atoms with Crippen molar-refractivity contribution in [2.24, 2.45) is 0 Å². The molecule has 7 nitrogen and oxygen atoms in total. The number of nitrogens with one attached hydrogen (secondary N) is 2. The van der Waals surface area contributed by atoms with Gasteiger partial charge in [0, 0.05) is 13.5 Å². The van der Waals surface area contributed by atoms with E-state index in [4.69, 9.17) is 9.84 Å². The molecule has 0 saturated heterocycles. The molecule has 0 spiro atoms. The lowest BCUT2D eigenvalue weighted by Gasteiger charge is -2.29. The first kappa shape index (κ1) is 20.3. The number of rotatable bonds is 9. The van der Waals surface area contributed by atoms with Gasteiger partial charge in [-0.15, -0.1) is 0 Å². The van der Waals surface area contributed by atoms with Crippen molar-refractivity contribution in [3.63, 3.8) is 0 Å². The van der Waals surface area contributed by atoms with Crippen molar-refractivity contribution < 1.29 is 33.0 Å². The summed E-state index contributed by atoms with van der Waals surface area (Å²) in [6.45, 7) is 0.933. The van der Waals surface area contributed by atoms with Crippen molar-refractivity contribution in [3.05, 3.63) is 35.9 Å². The van der Waals surface area contributed by atoms with E-state index in [1.807, 2.05) is 6.07 Å². The van der Waals surface area contributed by atoms with Crippen LogP contribution in [0.25, 0.3) is 0 Å². The summed E-state index contributed by atoms with van der Waals surface area (Å²) < 4.78 is 31.2. The standard InChI is InChI=1S/C16H20F2N2O5/c1-11(21)20-16(13(17)18,14(22)23)8-5-9-19-15(24)25-10-12-6-3-2-4-7-12/h2-4,6-7,13H,5,8-10H2,1H3,(H,19,24)(H,20,21)(H,22,23). The molecule has 1 aromatic carbocycles. The lowest BCUT2D eigenvalue weighted by atomic mass is 9.93. The molecule has 0 fully saturated rings. The fourth-order valence-corrected chi connectivity index (χ4v) is 2.13. The normalized spacial score (nSPS) is 13.0. The van der Waals surface area contributed by atoms with Crippen LogP contribution in [0.4, 0.5) is 13.6 Å². The van der Waals surface area contributed by atoms with Crippen molar-refractivity contribution >= 4 is 18.0 Å². The molecule has 0 radical (unpaired) electrons. The van der Waals surface area contributed by atoms with E-state index < -0.39 is 36.4 Å². The van der Waals surface area contributed by atoms with Crippen LogP contribution in [0.1, 0.15) is 25.3 Å². The minimum Gasteiger partial charge on any atom is -0.479 e. The Morgan fingerprint density at radius 3 is 2.40 bits per heavy atom. The summed E-state index contributed by atoms with van der Waals surface area (Å²) in [5.41, 5.74) is -1.90. The van der Waals surface area contributed by atoms with Gasteiger partial charge in [-0.05, 0) is 18.4 Å². The molecule has 1 rings (SSSR count). The second-order valence-electron chi connectivity index (χ2n) is 5.35. The number of benzene rings is 1. The average Bonchev–Trinajstić information content (AvgIpc) is 2.55. The third-order valence-corrected chi connectivity index (χ3v) is 3.38. The highest BCUT2D eigenvalue weighted by atomic mass is 19.3. The summed E-state index contributed by atoms with van der Waals surface area (Å²) in [5.74, 6) is -2.71. The molecule has 0 saturated carbocycles. The fourth-order valence-electron chi connectivity index (χ4n) is 2.13. The molecular formula is C16H20F2N2O5. The zero-order valence-electron chi connectivity index (χ0n) is 13.6. The van der Waals surface area contributed by atoms with E-state index in [0.717, 1.165) is 12.5 Å². The number of aliphatic carboxylic acids is 1. The van der Waals surface area contributed by atoms with Crippen molar-refractivity contribution in [2.75, 3.05) is 6.54 Å². The minimum atomic E-state index is -3.29. The Kier molecular flexibility index (Phi) is 7.77. The summed E-state index contributed by atoms with van der Waals surface area (Å²) in [4.78, 5) is 33.7. The number of ether oxygens (including phenoxy) is 1. The van der Waals surface area contributed by atoms with Crippen LogP contribution in [0.15, 0.2) is 30.3 Å². The molecule has 3 N–H and O–H groups in total. The van der Waals surface area contributed by atoms with Gasteiger partial charge >= 0.3 is 12.1 Å². The molecule has 0 aliphatic rings. The van der Waals surface area contributed by atoms with Crippen LogP contribution >= 0.6 is 0 Å². The quantitative estimate of drug-likeness (QED) is 0.585. The van der Waals surface area contributed by atoms with Gasteiger partial charge in [0.1, 0.15) is 6.61 Å². The van der Waals surface area contributed by atoms with Gasteiger partial charge < -0.3 is 20.5 Å². The summed E-state index contributed by atoms with van der Waals surface area (Å²) in [5, 5.41) is 13.2. The topological polar surface area (TPSA) is 105 Å². The number of carboxylic acid groups (broad SMARTS) is 1. The molecule has 0 bridgehead atoms. The van der Waals surface area contributed by atoms with Crippen LogP contribution in [-0.2, 0) is 20.9 Å². The van der Waals surface area contributed by atoms with Crippen molar-refractivity contribution in [1.82, 2.24) is 10.6 Å². The smallest absolute Gasteiger partial charge is 0.407 e. The van der Waals surface area contributed by atoms with Crippen LogP contribution in [0.5, 0.6) is 0 Å². The number of alkyl carbamates (subject to hydrolysis) is 1. The fraction of sp³-hybridized carbons (Fsp3) is 0.438. The maximum absolute atomic E-state index is 13.2. The van der Waals surface area contributed by atoms with Crippen molar-refractivity contribution in [3.8, 4) is 0 Å². The van der Waals surface area contributed by atoms with Crippen molar-refractivity contribution in [2.45, 2.75) is 38.3 Å². The molecular weight excluding hydrogens is 338 g/mol. The van der Waals surface area contributed by atoms with Gasteiger partial charge in [-0.25, -0.2) is 18.4 Å². The third-order valence-electron chi connectivity index (χ3n) is 3.38. The summed E-state index contributed by atoms with van der Waals surface area (Å²) >= 11 is 0. The predicted molar refractivity (Wildman–Crippen MR) is 84.1 cm³/mol. The molecule has 1 aromatic rings. The zero-order chi connectivity index (χ0) is 18.9. The second kappa shape index (κ2) is 9.55. The lowest BCUT2D eigenvalue weighted by molar-refractivity contribution is -0.155. The number of carbonyl (C=O) groups is 3. The van der Waals surface area contributed by atoms with E-state index in [1.165, 1.54) is 0 Å². The Balaban J connectivity index is 2.44. The summed E-state index contributed by atoms with van der Waals surface area (Å²) in [6.07, 6.45) is -4.67. The van der Waals surface area contributed by atoms with Crippen LogP contribution in [0, 0.1) is 0 Å². The molecule has 0 aromatic heterocycles. The van der Waals surface area contributed by atoms with Gasteiger partial charge in [0.2, 0.25) is 5.91 Å². The molecule has 1 unspecified atom stereocenters. The first-order valence-electron chi connectivity index (χ1n) is 7.53. The first-order chi connectivity index (χ1) is 11.8. The Morgan fingerprint density at radius 2 is 1.88 bits per heavy atom. The van der Waals surface area contributed by atoms with E-state index in [2.05, 4.69) is 5.32 Å². The van der Waals surface area contributed by atoms with Gasteiger partial charge in [-0.1, -0.05) is 30.3 Å². The number of hydrogen-bond acceptors (Lipinski definition) is 4. The van der Waals surface area contributed by atoms with Gasteiger partial charge in [0.15, 0.2) is 5.54 Å². The number of amides is 2. The van der Waals surface area contributed by atoms with E-state index in [1.54, 1.807) is 29.6 Å². The van der Waals surface area contributed by atoms with E-state index in [-0.39, 0.29) is 19.6 Å². The molecule has 0 aliphatic carbocycles. The Labute approximate surface area is 143 Å². The van der Waals surface area contributed by atoms with Crippen LogP contribution in [0.2, 0.25) is 0 Å². The molecule has 25 heavy (non-hydrogen) atoms. The number of alkyl halides is 2. The molecule has 0 aliphatic heterocycles. The average molecular weight is 358 g/mol. The molecule has 0 heterocycles. The molecule has 9 heteroatoms. The highest BCUT2D eigenvalue weighted by Gasteiger charge is 2.48. The van der Waals surface area contributed by atoms with Gasteiger partial charge in [-0.2, -0.15) is 0 Å². The Morgan fingerprint density at radius 1 is 1.24 bits per heavy atom. The second-order valence-corrected chi connectivity index (χ2v) is 5.35. The molecule has 1 atom stereocenters. The Bertz CT molecular complexity index is 597. The zero-order valence-corrected chi connectivity index (χ0v) is 13.6. The van der Waals surface area contributed by atoms with E-state index in [9.17, 15) is 23.2 Å². The van der Waals surface area contributed by atoms with Crippen LogP contribution in [-0.4, -0.2) is 41.6 Å². The highest BCUT2D eigenvalue weighted by molar-refractivity contribution is 5.86. The maximum atomic E-state index is 13.2. The van der Waals surface area contributed by atoms with E-state index in [0.29, 0.717) is 0 Å². The molecule has 2 amide bonds. The number of hydrogen-bond donors (Lipinski definition) is 3. The molecule has 138 valence electrons. The first-order valence-corrected chi connectivity index (χ1v) is 7.53. The predicted octanol–water partition coefficient (Wildman–Crippen LogP) is 1.92. The summed E-state index contributed by atoms with van der Waals surface area (Å²) in [6, 6.07) is 8.92. The van der Waals surface area contributed by atoms with Crippen LogP contribution in [0.3, 0.4) is 0 Å². The van der Waals surface area contributed by atoms with Gasteiger partial charge in [-0.3, -0.25) is 4.79 Å². The number of halogens is 2. The van der Waals surface area contributed by atoms with Gasteiger partial charge in [0.25, 0.3) is 6.43 Å². The SMILES string of the molecule is CC(=O)NC(CCCNC(=O)OCc1ccccc1)(C(=O)O)C(F)F.